The summed E-state index contributed by atoms with van der Waals surface area (Å²) in [6.07, 6.45) is 5.89. The molecular formula is C11H17NO2. The van der Waals surface area contributed by atoms with Crippen LogP contribution in [0.5, 0.6) is 0 Å². The van der Waals surface area contributed by atoms with Crippen LogP contribution in [0, 0.1) is 0 Å². The summed E-state index contributed by atoms with van der Waals surface area (Å²) in [7, 11) is 0. The molecule has 2 rings (SSSR count). The van der Waals surface area contributed by atoms with Crippen molar-refractivity contribution in [2.45, 2.75) is 38.5 Å². The Morgan fingerprint density at radius 3 is 3.21 bits per heavy atom. The molecule has 1 fully saturated rings. The molecule has 1 aliphatic heterocycles. The largest absolute Gasteiger partial charge is 0.390 e. The number of aliphatic hydroxyl groups excluding tert-OH is 1. The fourth-order valence-electron chi connectivity index (χ4n) is 1.97. The van der Waals surface area contributed by atoms with Crippen molar-refractivity contribution in [1.29, 1.82) is 0 Å². The average molecular weight is 195 g/mol. The smallest absolute Gasteiger partial charge is 0.0832 e. The first-order chi connectivity index (χ1) is 6.90. The van der Waals surface area contributed by atoms with Crippen molar-refractivity contribution in [1.82, 2.24) is 4.57 Å². The third-order valence-corrected chi connectivity index (χ3v) is 2.80. The van der Waals surface area contributed by atoms with E-state index in [4.69, 9.17) is 9.84 Å². The Kier molecular flexibility index (Phi) is 3.22. The van der Waals surface area contributed by atoms with Gasteiger partial charge in [0, 0.05) is 25.0 Å². The summed E-state index contributed by atoms with van der Waals surface area (Å²) >= 11 is 0. The van der Waals surface area contributed by atoms with Crippen molar-refractivity contribution in [3.63, 3.8) is 0 Å². The Balaban J connectivity index is 1.84. The van der Waals surface area contributed by atoms with Gasteiger partial charge in [-0.3, -0.25) is 0 Å². The fraction of sp³-hybridized carbons (Fsp3) is 0.636. The van der Waals surface area contributed by atoms with Gasteiger partial charge >= 0.3 is 0 Å². The molecule has 0 radical (unpaired) electrons. The first kappa shape index (κ1) is 9.74. The number of rotatable bonds is 4. The second-order valence-corrected chi connectivity index (χ2v) is 3.77. The topological polar surface area (TPSA) is 34.4 Å². The highest BCUT2D eigenvalue weighted by Gasteiger charge is 2.15. The summed E-state index contributed by atoms with van der Waals surface area (Å²) < 4.78 is 7.65. The van der Waals surface area contributed by atoms with Crippen molar-refractivity contribution in [2.75, 3.05) is 6.61 Å². The monoisotopic (exact) mass is 195 g/mol. The molecule has 0 aliphatic carbocycles. The Morgan fingerprint density at radius 1 is 1.57 bits per heavy atom. The van der Waals surface area contributed by atoms with E-state index in [1.807, 2.05) is 18.3 Å². The van der Waals surface area contributed by atoms with Crippen LogP contribution in [0.2, 0.25) is 0 Å². The van der Waals surface area contributed by atoms with E-state index >= 15 is 0 Å². The first-order valence-corrected chi connectivity index (χ1v) is 5.26. The highest BCUT2D eigenvalue weighted by molar-refractivity contribution is 5.05. The second kappa shape index (κ2) is 4.62. The zero-order valence-corrected chi connectivity index (χ0v) is 8.35. The van der Waals surface area contributed by atoms with Crippen LogP contribution in [0.15, 0.2) is 18.3 Å². The van der Waals surface area contributed by atoms with Gasteiger partial charge in [0.25, 0.3) is 0 Å². The van der Waals surface area contributed by atoms with Crippen molar-refractivity contribution in [3.8, 4) is 0 Å². The molecule has 1 saturated heterocycles. The number of aryl methyl sites for hydroxylation is 1. The van der Waals surface area contributed by atoms with Gasteiger partial charge < -0.3 is 14.4 Å². The molecule has 14 heavy (non-hydrogen) atoms. The molecule has 0 amide bonds. The van der Waals surface area contributed by atoms with Gasteiger partial charge in [-0.1, -0.05) is 0 Å². The van der Waals surface area contributed by atoms with Crippen LogP contribution in [0.1, 0.15) is 25.0 Å². The Bertz CT molecular complexity index is 277. The van der Waals surface area contributed by atoms with E-state index in [1.54, 1.807) is 0 Å². The van der Waals surface area contributed by atoms with E-state index in [-0.39, 0.29) is 6.61 Å². The predicted molar refractivity (Wildman–Crippen MR) is 53.9 cm³/mol. The third kappa shape index (κ3) is 2.16. The third-order valence-electron chi connectivity index (χ3n) is 2.80. The van der Waals surface area contributed by atoms with Gasteiger partial charge in [0.2, 0.25) is 0 Å². The minimum atomic E-state index is 0.124. The molecule has 1 aromatic rings. The maximum absolute atomic E-state index is 9.05. The molecule has 0 spiro atoms. The van der Waals surface area contributed by atoms with Gasteiger partial charge in [-0.05, 0) is 31.4 Å². The Labute approximate surface area is 84.3 Å². The lowest BCUT2D eigenvalue weighted by Crippen LogP contribution is -2.11. The summed E-state index contributed by atoms with van der Waals surface area (Å²) in [6.45, 7) is 2.00. The molecule has 0 saturated carbocycles. The molecule has 78 valence electrons. The molecule has 0 aromatic carbocycles. The molecule has 1 unspecified atom stereocenters. The number of aromatic nitrogens is 1. The van der Waals surface area contributed by atoms with Crippen LogP contribution in [-0.2, 0) is 17.9 Å². The maximum Gasteiger partial charge on any atom is 0.0832 e. The van der Waals surface area contributed by atoms with Gasteiger partial charge in [-0.25, -0.2) is 0 Å². The van der Waals surface area contributed by atoms with Crippen LogP contribution in [-0.4, -0.2) is 22.4 Å². The van der Waals surface area contributed by atoms with Crippen LogP contribution in [0.3, 0.4) is 0 Å². The molecule has 2 heterocycles. The highest BCUT2D eigenvalue weighted by atomic mass is 16.5. The minimum absolute atomic E-state index is 0.124. The number of hydrogen-bond acceptors (Lipinski definition) is 2. The SMILES string of the molecule is OCc1cccn1CCC1CCCO1. The maximum atomic E-state index is 9.05. The first-order valence-electron chi connectivity index (χ1n) is 5.26. The van der Waals surface area contributed by atoms with E-state index < -0.39 is 0 Å². The highest BCUT2D eigenvalue weighted by Crippen LogP contribution is 2.16. The lowest BCUT2D eigenvalue weighted by molar-refractivity contribution is 0.0998. The molecule has 1 N–H and O–H groups in total. The fourth-order valence-corrected chi connectivity index (χ4v) is 1.97. The van der Waals surface area contributed by atoms with Crippen LogP contribution >= 0.6 is 0 Å². The quantitative estimate of drug-likeness (QED) is 0.791. The Hall–Kier alpha value is -0.800. The van der Waals surface area contributed by atoms with Crippen molar-refractivity contribution < 1.29 is 9.84 Å². The number of hydrogen-bond donors (Lipinski definition) is 1. The number of aliphatic hydroxyl groups is 1. The molecule has 0 bridgehead atoms. The summed E-state index contributed by atoms with van der Waals surface area (Å²) in [4.78, 5) is 0. The van der Waals surface area contributed by atoms with Crippen LogP contribution < -0.4 is 0 Å². The number of nitrogens with zero attached hydrogens (tertiary/aromatic N) is 1. The molecule has 1 atom stereocenters. The molecule has 1 aliphatic rings. The van der Waals surface area contributed by atoms with Gasteiger partial charge in [-0.15, -0.1) is 0 Å². The van der Waals surface area contributed by atoms with Gasteiger partial charge in [0.1, 0.15) is 0 Å². The summed E-state index contributed by atoms with van der Waals surface area (Å²) in [6, 6.07) is 3.93. The second-order valence-electron chi connectivity index (χ2n) is 3.77. The van der Waals surface area contributed by atoms with E-state index in [2.05, 4.69) is 4.57 Å². The van der Waals surface area contributed by atoms with E-state index in [0.717, 1.165) is 25.3 Å². The molecule has 3 nitrogen and oxygen atoms in total. The lowest BCUT2D eigenvalue weighted by Gasteiger charge is -2.11. The van der Waals surface area contributed by atoms with E-state index in [1.165, 1.54) is 12.8 Å². The summed E-state index contributed by atoms with van der Waals surface area (Å²) in [5.74, 6) is 0. The number of ether oxygens (including phenoxy) is 1. The van der Waals surface area contributed by atoms with Gasteiger partial charge in [0.15, 0.2) is 0 Å². The van der Waals surface area contributed by atoms with Crippen LogP contribution in [0.25, 0.3) is 0 Å². The standard InChI is InChI=1S/C11H17NO2/c13-9-10-3-1-6-12(10)7-5-11-4-2-8-14-11/h1,3,6,11,13H,2,4-5,7-9H2. The molecule has 3 heteroatoms. The Morgan fingerprint density at radius 2 is 2.50 bits per heavy atom. The van der Waals surface area contributed by atoms with Gasteiger partial charge in [0.05, 0.1) is 12.7 Å². The van der Waals surface area contributed by atoms with Crippen LogP contribution in [0.4, 0.5) is 0 Å². The van der Waals surface area contributed by atoms with E-state index in [0.29, 0.717) is 6.10 Å². The van der Waals surface area contributed by atoms with Gasteiger partial charge in [-0.2, -0.15) is 0 Å². The van der Waals surface area contributed by atoms with E-state index in [9.17, 15) is 0 Å². The zero-order valence-electron chi connectivity index (χ0n) is 8.35. The summed E-state index contributed by atoms with van der Waals surface area (Å²) in [5.41, 5.74) is 0.989. The molecule has 1 aromatic heterocycles. The summed E-state index contributed by atoms with van der Waals surface area (Å²) in [5, 5.41) is 9.05. The predicted octanol–water partition coefficient (Wildman–Crippen LogP) is 1.55. The normalized spacial score (nSPS) is 21.6. The molecular weight excluding hydrogens is 178 g/mol. The van der Waals surface area contributed by atoms with Crippen molar-refractivity contribution in [3.05, 3.63) is 24.0 Å². The average Bonchev–Trinajstić information content (AvgIpc) is 2.85. The van der Waals surface area contributed by atoms with Crippen molar-refractivity contribution in [2.24, 2.45) is 0 Å². The van der Waals surface area contributed by atoms with Crippen molar-refractivity contribution >= 4 is 0 Å². The minimum Gasteiger partial charge on any atom is -0.390 e. The zero-order chi connectivity index (χ0) is 9.80. The lowest BCUT2D eigenvalue weighted by atomic mass is 10.2.